The van der Waals surface area contributed by atoms with E-state index < -0.39 is 5.76 Å². The summed E-state index contributed by atoms with van der Waals surface area (Å²) >= 11 is 0. The van der Waals surface area contributed by atoms with Crippen molar-refractivity contribution in [2.75, 3.05) is 6.54 Å². The molecule has 0 aliphatic heterocycles. The number of nitrogens with one attached hydrogen (secondary N) is 2. The maximum absolute atomic E-state index is 12.0. The van der Waals surface area contributed by atoms with Gasteiger partial charge in [0.05, 0.1) is 11.9 Å². The minimum absolute atomic E-state index is 0.00792. The molecule has 3 aromatic rings. The summed E-state index contributed by atoms with van der Waals surface area (Å²) in [7, 11) is 0. The quantitative estimate of drug-likeness (QED) is 0.759. The molecular formula is C18H18N2O3. The van der Waals surface area contributed by atoms with Gasteiger partial charge < -0.3 is 9.73 Å². The molecule has 0 radical (unpaired) electrons. The number of aromatic nitrogens is 1. The summed E-state index contributed by atoms with van der Waals surface area (Å²) < 4.78 is 5.03. The van der Waals surface area contributed by atoms with Gasteiger partial charge in [-0.15, -0.1) is 0 Å². The van der Waals surface area contributed by atoms with Crippen molar-refractivity contribution in [2.45, 2.75) is 19.8 Å². The fraction of sp³-hybridized carbons (Fsp3) is 0.222. The predicted octanol–water partition coefficient (Wildman–Crippen LogP) is 2.33. The molecular weight excluding hydrogens is 292 g/mol. The van der Waals surface area contributed by atoms with Gasteiger partial charge in [0.2, 0.25) is 5.91 Å². The van der Waals surface area contributed by atoms with Gasteiger partial charge in [-0.3, -0.25) is 9.78 Å². The van der Waals surface area contributed by atoms with Gasteiger partial charge in [0.25, 0.3) is 0 Å². The van der Waals surface area contributed by atoms with E-state index in [1.54, 1.807) is 0 Å². The number of hydrogen-bond acceptors (Lipinski definition) is 3. The minimum atomic E-state index is -0.455. The molecule has 0 unspecified atom stereocenters. The van der Waals surface area contributed by atoms with E-state index in [0.717, 1.165) is 16.7 Å². The number of H-pyrrole nitrogens is 1. The van der Waals surface area contributed by atoms with Crippen LogP contribution < -0.4 is 11.1 Å². The Hall–Kier alpha value is -2.82. The summed E-state index contributed by atoms with van der Waals surface area (Å²) in [6.07, 6.45) is 1.07. The molecule has 5 heteroatoms. The number of carbonyl (C=O) groups excluding carboxylic acids is 1. The largest absolute Gasteiger partial charge is 0.417 e. The molecule has 0 bridgehead atoms. The molecule has 0 saturated heterocycles. The Labute approximate surface area is 133 Å². The van der Waals surface area contributed by atoms with Crippen LogP contribution in [0.1, 0.15) is 16.7 Å². The minimum Gasteiger partial charge on any atom is -0.408 e. The molecule has 2 N–H and O–H groups in total. The fourth-order valence-electron chi connectivity index (χ4n) is 2.54. The third-order valence-electron chi connectivity index (χ3n) is 3.83. The molecule has 0 fully saturated rings. The van der Waals surface area contributed by atoms with Gasteiger partial charge in [0.1, 0.15) is 0 Å². The Morgan fingerprint density at radius 3 is 2.87 bits per heavy atom. The first-order chi connectivity index (χ1) is 11.1. The lowest BCUT2D eigenvalue weighted by atomic mass is 10.1. The Kier molecular flexibility index (Phi) is 4.28. The molecule has 3 rings (SSSR count). The van der Waals surface area contributed by atoms with Crippen LogP contribution in [0.15, 0.2) is 51.7 Å². The fourth-order valence-corrected chi connectivity index (χ4v) is 2.54. The summed E-state index contributed by atoms with van der Waals surface area (Å²) in [6, 6.07) is 13.4. The standard InChI is InChI=1S/C18H18N2O3/c1-12-4-2-3-5-14(12)11-17(21)19-9-8-13-6-7-15-16(10-13)23-18(22)20-15/h2-7,10H,8-9,11H2,1H3,(H,19,21)(H,20,22). The zero-order chi connectivity index (χ0) is 16.2. The SMILES string of the molecule is Cc1ccccc1CC(=O)NCCc1ccc2[nH]c(=O)oc2c1. The Morgan fingerprint density at radius 1 is 1.22 bits per heavy atom. The van der Waals surface area contributed by atoms with Gasteiger partial charge in [-0.2, -0.15) is 0 Å². The summed E-state index contributed by atoms with van der Waals surface area (Å²) in [6.45, 7) is 2.55. The molecule has 1 heterocycles. The Morgan fingerprint density at radius 2 is 2.04 bits per heavy atom. The van der Waals surface area contributed by atoms with Crippen LogP contribution in [0.5, 0.6) is 0 Å². The number of aryl methyl sites for hydroxylation is 1. The van der Waals surface area contributed by atoms with Crippen molar-refractivity contribution in [3.63, 3.8) is 0 Å². The summed E-state index contributed by atoms with van der Waals surface area (Å²) in [4.78, 5) is 25.7. The maximum Gasteiger partial charge on any atom is 0.417 e. The number of amides is 1. The van der Waals surface area contributed by atoms with Crippen LogP contribution in [0.4, 0.5) is 0 Å². The van der Waals surface area contributed by atoms with E-state index in [-0.39, 0.29) is 5.91 Å². The monoisotopic (exact) mass is 310 g/mol. The molecule has 23 heavy (non-hydrogen) atoms. The highest BCUT2D eigenvalue weighted by molar-refractivity contribution is 5.79. The predicted molar refractivity (Wildman–Crippen MR) is 88.4 cm³/mol. The highest BCUT2D eigenvalue weighted by Crippen LogP contribution is 2.12. The van der Waals surface area contributed by atoms with Gasteiger partial charge in [-0.1, -0.05) is 30.3 Å². The van der Waals surface area contributed by atoms with E-state index in [1.807, 2.05) is 49.4 Å². The van der Waals surface area contributed by atoms with Crippen molar-refractivity contribution in [1.29, 1.82) is 0 Å². The third-order valence-corrected chi connectivity index (χ3v) is 3.83. The Balaban J connectivity index is 1.54. The van der Waals surface area contributed by atoms with E-state index in [2.05, 4.69) is 10.3 Å². The van der Waals surface area contributed by atoms with Crippen LogP contribution in [-0.2, 0) is 17.6 Å². The van der Waals surface area contributed by atoms with E-state index in [9.17, 15) is 9.59 Å². The first-order valence-corrected chi connectivity index (χ1v) is 7.55. The van der Waals surface area contributed by atoms with Crippen molar-refractivity contribution in [3.05, 3.63) is 69.7 Å². The first-order valence-electron chi connectivity index (χ1n) is 7.55. The lowest BCUT2D eigenvalue weighted by Gasteiger charge is -2.07. The van der Waals surface area contributed by atoms with Crippen molar-refractivity contribution in [1.82, 2.24) is 10.3 Å². The van der Waals surface area contributed by atoms with Crippen LogP contribution in [-0.4, -0.2) is 17.4 Å². The molecule has 1 amide bonds. The average molecular weight is 310 g/mol. The van der Waals surface area contributed by atoms with Gasteiger partial charge >= 0.3 is 5.76 Å². The second-order valence-electron chi connectivity index (χ2n) is 5.55. The second-order valence-corrected chi connectivity index (χ2v) is 5.55. The number of rotatable bonds is 5. The van der Waals surface area contributed by atoms with E-state index >= 15 is 0 Å². The molecule has 1 aromatic heterocycles. The van der Waals surface area contributed by atoms with Gasteiger partial charge in [0, 0.05) is 6.54 Å². The number of oxazole rings is 1. The van der Waals surface area contributed by atoms with Crippen molar-refractivity contribution >= 4 is 17.0 Å². The number of hydrogen-bond donors (Lipinski definition) is 2. The molecule has 5 nitrogen and oxygen atoms in total. The number of benzene rings is 2. The van der Waals surface area contributed by atoms with Crippen LogP contribution in [0.25, 0.3) is 11.1 Å². The second kappa shape index (κ2) is 6.52. The van der Waals surface area contributed by atoms with E-state index in [1.165, 1.54) is 0 Å². The van der Waals surface area contributed by atoms with Crippen molar-refractivity contribution in [3.8, 4) is 0 Å². The smallest absolute Gasteiger partial charge is 0.408 e. The van der Waals surface area contributed by atoms with Crippen LogP contribution in [0.2, 0.25) is 0 Å². The first kappa shape index (κ1) is 15.1. The zero-order valence-electron chi connectivity index (χ0n) is 12.9. The van der Waals surface area contributed by atoms with Crippen LogP contribution >= 0.6 is 0 Å². The molecule has 118 valence electrons. The third kappa shape index (κ3) is 3.69. The lowest BCUT2D eigenvalue weighted by Crippen LogP contribution is -2.27. The lowest BCUT2D eigenvalue weighted by molar-refractivity contribution is -0.120. The highest BCUT2D eigenvalue weighted by Gasteiger charge is 2.06. The summed E-state index contributed by atoms with van der Waals surface area (Å²) in [5.74, 6) is -0.447. The topological polar surface area (TPSA) is 75.1 Å². The maximum atomic E-state index is 12.0. The van der Waals surface area contributed by atoms with Gasteiger partial charge in [-0.05, 0) is 42.2 Å². The highest BCUT2D eigenvalue weighted by atomic mass is 16.4. The normalized spacial score (nSPS) is 10.8. The molecule has 0 aliphatic carbocycles. The van der Waals surface area contributed by atoms with E-state index in [4.69, 9.17) is 4.42 Å². The molecule has 2 aromatic carbocycles. The molecule has 0 atom stereocenters. The van der Waals surface area contributed by atoms with Crippen molar-refractivity contribution in [2.24, 2.45) is 0 Å². The number of aromatic amines is 1. The van der Waals surface area contributed by atoms with Crippen molar-refractivity contribution < 1.29 is 9.21 Å². The number of fused-ring (bicyclic) bond motifs is 1. The zero-order valence-corrected chi connectivity index (χ0v) is 12.9. The van der Waals surface area contributed by atoms with E-state index in [0.29, 0.717) is 30.5 Å². The van der Waals surface area contributed by atoms with Crippen LogP contribution in [0, 0.1) is 6.92 Å². The molecule has 0 spiro atoms. The van der Waals surface area contributed by atoms with Gasteiger partial charge in [-0.25, -0.2) is 4.79 Å². The number of carbonyl (C=O) groups is 1. The van der Waals surface area contributed by atoms with Crippen LogP contribution in [0.3, 0.4) is 0 Å². The average Bonchev–Trinajstić information content (AvgIpc) is 2.89. The summed E-state index contributed by atoms with van der Waals surface area (Å²) in [5, 5.41) is 2.92. The summed E-state index contributed by atoms with van der Waals surface area (Å²) in [5.41, 5.74) is 4.40. The Bertz CT molecular complexity index is 892. The molecule has 0 aliphatic rings. The molecule has 0 saturated carbocycles. The van der Waals surface area contributed by atoms with Gasteiger partial charge in [0.15, 0.2) is 5.58 Å².